The number of nitrogens with one attached hydrogen (secondary N) is 1. The largest absolute Gasteiger partial charge is 0.497 e. The summed E-state index contributed by atoms with van der Waals surface area (Å²) >= 11 is 0. The molecule has 0 aromatic heterocycles. The Bertz CT molecular complexity index is 722. The summed E-state index contributed by atoms with van der Waals surface area (Å²) in [5, 5.41) is 3.82. The predicted molar refractivity (Wildman–Crippen MR) is 97.2 cm³/mol. The Morgan fingerprint density at radius 2 is 1.52 bits per heavy atom. The molecule has 0 aliphatic rings. The van der Waals surface area contributed by atoms with Crippen molar-refractivity contribution in [1.29, 1.82) is 0 Å². The van der Waals surface area contributed by atoms with Gasteiger partial charge in [-0.05, 0) is 48.0 Å². The van der Waals surface area contributed by atoms with Crippen LogP contribution in [0.5, 0.6) is 17.2 Å². The molecular weight excluding hydrogens is 320 g/mol. The quantitative estimate of drug-likeness (QED) is 0.593. The third-order valence-corrected chi connectivity index (χ3v) is 3.18. The summed E-state index contributed by atoms with van der Waals surface area (Å²) in [5.41, 5.74) is 3.39. The summed E-state index contributed by atoms with van der Waals surface area (Å²) in [5.74, 6) is 1.77. The second-order valence-electron chi connectivity index (χ2n) is 4.91. The molecule has 0 heterocycles. The van der Waals surface area contributed by atoms with Gasteiger partial charge in [-0.3, -0.25) is 4.79 Å². The number of carbonyl (C=O) groups is 1. The molecule has 1 N–H and O–H groups in total. The van der Waals surface area contributed by atoms with Gasteiger partial charge in [0.15, 0.2) is 6.61 Å². The van der Waals surface area contributed by atoms with E-state index in [0.29, 0.717) is 5.75 Å². The molecule has 0 fully saturated rings. The van der Waals surface area contributed by atoms with E-state index in [9.17, 15) is 4.79 Å². The number of benzene rings is 2. The number of carbonyl (C=O) groups excluding carboxylic acids is 1. The molecule has 0 aliphatic carbocycles. The normalized spacial score (nSPS) is 10.8. The topological polar surface area (TPSA) is 69.2 Å². The van der Waals surface area contributed by atoms with Gasteiger partial charge in [0.1, 0.15) is 17.2 Å². The third kappa shape index (κ3) is 6.39. The van der Waals surface area contributed by atoms with Crippen LogP contribution in [0.4, 0.5) is 0 Å². The van der Waals surface area contributed by atoms with Crippen molar-refractivity contribution in [3.8, 4) is 17.2 Å². The van der Waals surface area contributed by atoms with Crippen molar-refractivity contribution in [2.45, 2.75) is 0 Å². The van der Waals surface area contributed by atoms with Crippen LogP contribution in [0, 0.1) is 0 Å². The van der Waals surface area contributed by atoms with Crippen molar-refractivity contribution in [2.24, 2.45) is 5.10 Å². The number of rotatable bonds is 8. The number of nitrogens with zero attached hydrogens (tertiary/aromatic N) is 1. The first kappa shape index (κ1) is 18.1. The van der Waals surface area contributed by atoms with Crippen molar-refractivity contribution >= 4 is 18.2 Å². The molecular formula is C19H20N2O4. The molecule has 0 spiro atoms. The van der Waals surface area contributed by atoms with Gasteiger partial charge in [-0.25, -0.2) is 5.43 Å². The smallest absolute Gasteiger partial charge is 0.277 e. The highest BCUT2D eigenvalue weighted by Gasteiger charge is 2.01. The van der Waals surface area contributed by atoms with Crippen molar-refractivity contribution < 1.29 is 19.0 Å². The monoisotopic (exact) mass is 340 g/mol. The Balaban J connectivity index is 1.71. The Kier molecular flexibility index (Phi) is 7.06. The highest BCUT2D eigenvalue weighted by atomic mass is 16.5. The number of hydrazone groups is 1. The Hall–Kier alpha value is -3.28. The van der Waals surface area contributed by atoms with Gasteiger partial charge < -0.3 is 14.2 Å². The number of methoxy groups -OCH3 is 2. The first-order chi connectivity index (χ1) is 12.2. The lowest BCUT2D eigenvalue weighted by Crippen LogP contribution is -2.24. The highest BCUT2D eigenvalue weighted by Crippen LogP contribution is 2.16. The average Bonchev–Trinajstić information content (AvgIpc) is 2.67. The molecule has 6 heteroatoms. The van der Waals surface area contributed by atoms with Crippen molar-refractivity contribution in [3.05, 3.63) is 60.2 Å². The van der Waals surface area contributed by atoms with E-state index >= 15 is 0 Å². The molecule has 0 saturated carbocycles. The summed E-state index contributed by atoms with van der Waals surface area (Å²) in [7, 11) is 3.21. The Morgan fingerprint density at radius 3 is 2.12 bits per heavy atom. The van der Waals surface area contributed by atoms with E-state index < -0.39 is 0 Å². The van der Waals surface area contributed by atoms with Gasteiger partial charge in [0.2, 0.25) is 0 Å². The number of hydrogen-bond donors (Lipinski definition) is 1. The number of hydrogen-bond acceptors (Lipinski definition) is 5. The molecule has 2 aromatic carbocycles. The van der Waals surface area contributed by atoms with Crippen LogP contribution in [0.25, 0.3) is 6.08 Å². The lowest BCUT2D eigenvalue weighted by Gasteiger charge is -2.05. The molecule has 6 nitrogen and oxygen atoms in total. The fourth-order valence-corrected chi connectivity index (χ4v) is 1.87. The average molecular weight is 340 g/mol. The first-order valence-corrected chi connectivity index (χ1v) is 7.61. The lowest BCUT2D eigenvalue weighted by molar-refractivity contribution is -0.123. The minimum atomic E-state index is -0.343. The van der Waals surface area contributed by atoms with Crippen LogP contribution in [-0.4, -0.2) is 32.9 Å². The van der Waals surface area contributed by atoms with Crippen LogP contribution in [0.1, 0.15) is 5.56 Å². The van der Waals surface area contributed by atoms with Gasteiger partial charge in [0, 0.05) is 6.21 Å². The van der Waals surface area contributed by atoms with Crippen molar-refractivity contribution in [3.63, 3.8) is 0 Å². The maximum atomic E-state index is 11.6. The van der Waals surface area contributed by atoms with E-state index in [0.717, 1.165) is 17.1 Å². The third-order valence-electron chi connectivity index (χ3n) is 3.18. The fourth-order valence-electron chi connectivity index (χ4n) is 1.87. The number of allylic oxidation sites excluding steroid dienone is 1. The zero-order valence-corrected chi connectivity index (χ0v) is 14.1. The van der Waals surface area contributed by atoms with Crippen molar-refractivity contribution in [2.75, 3.05) is 20.8 Å². The van der Waals surface area contributed by atoms with E-state index in [-0.39, 0.29) is 12.5 Å². The molecule has 0 bridgehead atoms. The van der Waals surface area contributed by atoms with Crippen LogP contribution in [0.15, 0.2) is 59.7 Å². The number of amides is 1. The van der Waals surface area contributed by atoms with E-state index in [4.69, 9.17) is 14.2 Å². The first-order valence-electron chi connectivity index (χ1n) is 7.61. The standard InChI is InChI=1S/C19H20N2O4/c1-23-16-7-5-15(6-8-16)4-3-13-20-21-19(22)14-25-18-11-9-17(24-2)10-12-18/h3-13H,14H2,1-2H3,(H,21,22)/b4-3+,20-13-. The van der Waals surface area contributed by atoms with Gasteiger partial charge in [0.05, 0.1) is 14.2 Å². The fraction of sp³-hybridized carbons (Fsp3) is 0.158. The minimum Gasteiger partial charge on any atom is -0.497 e. The summed E-state index contributed by atoms with van der Waals surface area (Å²) < 4.78 is 15.5. The van der Waals surface area contributed by atoms with Crippen LogP contribution in [-0.2, 0) is 4.79 Å². The van der Waals surface area contributed by atoms with E-state index in [1.807, 2.05) is 30.3 Å². The molecule has 25 heavy (non-hydrogen) atoms. The summed E-state index contributed by atoms with van der Waals surface area (Å²) in [6.45, 7) is -0.119. The Labute approximate surface area is 146 Å². The second-order valence-corrected chi connectivity index (χ2v) is 4.91. The molecule has 130 valence electrons. The zero-order chi connectivity index (χ0) is 17.9. The minimum absolute atomic E-state index is 0.119. The lowest BCUT2D eigenvalue weighted by atomic mass is 10.2. The Morgan fingerprint density at radius 1 is 0.960 bits per heavy atom. The van der Waals surface area contributed by atoms with E-state index in [1.165, 1.54) is 6.21 Å². The van der Waals surface area contributed by atoms with Gasteiger partial charge >= 0.3 is 0 Å². The molecule has 0 saturated heterocycles. The zero-order valence-electron chi connectivity index (χ0n) is 14.1. The second kappa shape index (κ2) is 9.77. The van der Waals surface area contributed by atoms with Crippen LogP contribution < -0.4 is 19.6 Å². The molecule has 1 amide bonds. The summed E-state index contributed by atoms with van der Waals surface area (Å²) in [6.07, 6.45) is 5.09. The molecule has 0 radical (unpaired) electrons. The summed E-state index contributed by atoms with van der Waals surface area (Å²) in [4.78, 5) is 11.6. The van der Waals surface area contributed by atoms with E-state index in [1.54, 1.807) is 44.6 Å². The predicted octanol–water partition coefficient (Wildman–Crippen LogP) is 2.90. The van der Waals surface area contributed by atoms with Crippen LogP contribution >= 0.6 is 0 Å². The SMILES string of the molecule is COc1ccc(/C=C/C=N\NC(=O)COc2ccc(OC)cc2)cc1. The van der Waals surface area contributed by atoms with E-state index in [2.05, 4.69) is 10.5 Å². The number of ether oxygens (including phenoxy) is 3. The summed E-state index contributed by atoms with van der Waals surface area (Å²) in [6, 6.07) is 14.6. The van der Waals surface area contributed by atoms with Gasteiger partial charge in [0.25, 0.3) is 5.91 Å². The molecule has 2 rings (SSSR count). The van der Waals surface area contributed by atoms with Gasteiger partial charge in [-0.2, -0.15) is 5.10 Å². The maximum absolute atomic E-state index is 11.6. The van der Waals surface area contributed by atoms with Gasteiger partial charge in [-0.1, -0.05) is 18.2 Å². The molecule has 2 aromatic rings. The van der Waals surface area contributed by atoms with Crippen LogP contribution in [0.2, 0.25) is 0 Å². The molecule has 0 unspecified atom stereocenters. The van der Waals surface area contributed by atoms with Crippen molar-refractivity contribution in [1.82, 2.24) is 5.43 Å². The molecule has 0 atom stereocenters. The highest BCUT2D eigenvalue weighted by molar-refractivity contribution is 5.82. The van der Waals surface area contributed by atoms with Crippen LogP contribution in [0.3, 0.4) is 0 Å². The van der Waals surface area contributed by atoms with Gasteiger partial charge in [-0.15, -0.1) is 0 Å². The molecule has 0 aliphatic heterocycles. The maximum Gasteiger partial charge on any atom is 0.277 e.